The molecule has 0 aromatic carbocycles. The van der Waals surface area contributed by atoms with E-state index < -0.39 is 16.6 Å². The van der Waals surface area contributed by atoms with Crippen molar-refractivity contribution >= 4 is 16.6 Å². The molecule has 0 heterocycles. The van der Waals surface area contributed by atoms with Crippen molar-refractivity contribution in [2.45, 2.75) is 83.6 Å². The Morgan fingerprint density at radius 2 is 1.53 bits per heavy atom. The molecule has 0 fully saturated rings. The van der Waals surface area contributed by atoms with E-state index in [2.05, 4.69) is 58.4 Å². The Labute approximate surface area is 121 Å². The van der Waals surface area contributed by atoms with Gasteiger partial charge in [-0.3, -0.25) is 0 Å². The van der Waals surface area contributed by atoms with E-state index in [1.807, 2.05) is 0 Å². The SMILES string of the molecule is CC1(O[Si](C)(C)C)CCC=CCCC1O[Si](C)(C)C. The fourth-order valence-corrected chi connectivity index (χ4v) is 5.60. The van der Waals surface area contributed by atoms with E-state index in [4.69, 9.17) is 8.85 Å². The molecule has 19 heavy (non-hydrogen) atoms. The van der Waals surface area contributed by atoms with Gasteiger partial charge in [0.15, 0.2) is 16.6 Å². The molecule has 2 atom stereocenters. The van der Waals surface area contributed by atoms with Crippen LogP contribution >= 0.6 is 0 Å². The van der Waals surface area contributed by atoms with Gasteiger partial charge in [-0.05, 0) is 71.9 Å². The molecule has 0 saturated heterocycles. The Morgan fingerprint density at radius 3 is 2.05 bits per heavy atom. The van der Waals surface area contributed by atoms with Crippen LogP contribution in [0.25, 0.3) is 0 Å². The average molecular weight is 301 g/mol. The molecule has 1 aliphatic rings. The lowest BCUT2D eigenvalue weighted by Gasteiger charge is -2.45. The van der Waals surface area contributed by atoms with Crippen LogP contribution in [0.2, 0.25) is 39.3 Å². The van der Waals surface area contributed by atoms with Crippen molar-refractivity contribution in [2.24, 2.45) is 0 Å². The van der Waals surface area contributed by atoms with Gasteiger partial charge in [-0.2, -0.15) is 0 Å². The molecule has 0 bridgehead atoms. The van der Waals surface area contributed by atoms with Crippen LogP contribution in [0.3, 0.4) is 0 Å². The topological polar surface area (TPSA) is 18.5 Å². The lowest BCUT2D eigenvalue weighted by Crippen LogP contribution is -2.52. The van der Waals surface area contributed by atoms with Crippen molar-refractivity contribution in [1.82, 2.24) is 0 Å². The van der Waals surface area contributed by atoms with Crippen LogP contribution in [0.1, 0.15) is 32.6 Å². The highest BCUT2D eigenvalue weighted by molar-refractivity contribution is 6.70. The van der Waals surface area contributed by atoms with Gasteiger partial charge in [0.25, 0.3) is 0 Å². The summed E-state index contributed by atoms with van der Waals surface area (Å²) in [6.07, 6.45) is 9.22. The van der Waals surface area contributed by atoms with Gasteiger partial charge in [-0.25, -0.2) is 0 Å². The molecule has 0 aromatic heterocycles. The summed E-state index contributed by atoms with van der Waals surface area (Å²) in [4.78, 5) is 0. The van der Waals surface area contributed by atoms with E-state index in [0.29, 0.717) is 0 Å². The minimum atomic E-state index is -1.56. The molecule has 112 valence electrons. The fraction of sp³-hybridized carbons (Fsp3) is 0.867. The smallest absolute Gasteiger partial charge is 0.184 e. The highest BCUT2D eigenvalue weighted by atomic mass is 28.4. The molecule has 0 radical (unpaired) electrons. The molecule has 0 saturated carbocycles. The van der Waals surface area contributed by atoms with Gasteiger partial charge >= 0.3 is 0 Å². The molecule has 4 heteroatoms. The van der Waals surface area contributed by atoms with Crippen molar-refractivity contribution in [3.05, 3.63) is 12.2 Å². The van der Waals surface area contributed by atoms with Crippen molar-refractivity contribution in [2.75, 3.05) is 0 Å². The number of hydrogen-bond acceptors (Lipinski definition) is 2. The zero-order valence-electron chi connectivity index (χ0n) is 13.9. The van der Waals surface area contributed by atoms with E-state index in [0.717, 1.165) is 25.7 Å². The minimum absolute atomic E-state index is 0.116. The number of hydrogen-bond donors (Lipinski definition) is 0. The third-order valence-electron chi connectivity index (χ3n) is 3.29. The van der Waals surface area contributed by atoms with Crippen molar-refractivity contribution in [3.63, 3.8) is 0 Å². The second-order valence-corrected chi connectivity index (χ2v) is 16.7. The van der Waals surface area contributed by atoms with Gasteiger partial charge in [0.05, 0.1) is 11.7 Å². The van der Waals surface area contributed by atoms with E-state index in [-0.39, 0.29) is 11.7 Å². The van der Waals surface area contributed by atoms with E-state index in [9.17, 15) is 0 Å². The fourth-order valence-electron chi connectivity index (χ4n) is 2.75. The quantitative estimate of drug-likeness (QED) is 0.540. The maximum absolute atomic E-state index is 6.56. The molecule has 0 aromatic rings. The summed E-state index contributed by atoms with van der Waals surface area (Å²) in [5, 5.41) is 0. The highest BCUT2D eigenvalue weighted by Crippen LogP contribution is 2.34. The summed E-state index contributed by atoms with van der Waals surface area (Å²) >= 11 is 0. The van der Waals surface area contributed by atoms with Crippen LogP contribution in [-0.2, 0) is 8.85 Å². The first-order valence-corrected chi connectivity index (χ1v) is 14.4. The average Bonchev–Trinajstić information content (AvgIpc) is 2.14. The summed E-state index contributed by atoms with van der Waals surface area (Å²) in [6.45, 7) is 15.9. The van der Waals surface area contributed by atoms with Crippen molar-refractivity contribution in [1.29, 1.82) is 0 Å². The third kappa shape index (κ3) is 6.38. The molecular weight excluding hydrogens is 268 g/mol. The Bertz CT molecular complexity index is 315. The van der Waals surface area contributed by atoms with Crippen molar-refractivity contribution < 1.29 is 8.85 Å². The van der Waals surface area contributed by atoms with E-state index in [1.165, 1.54) is 0 Å². The van der Waals surface area contributed by atoms with Gasteiger partial charge in [-0.15, -0.1) is 0 Å². The molecule has 0 amide bonds. The molecule has 1 rings (SSSR count). The summed E-state index contributed by atoms with van der Waals surface area (Å²) in [6, 6.07) is 0. The van der Waals surface area contributed by atoms with Crippen molar-refractivity contribution in [3.8, 4) is 0 Å². The van der Waals surface area contributed by atoms with Gasteiger partial charge < -0.3 is 8.85 Å². The lowest BCUT2D eigenvalue weighted by atomic mass is 9.88. The molecule has 2 unspecified atom stereocenters. The Morgan fingerprint density at radius 1 is 0.947 bits per heavy atom. The first kappa shape index (κ1) is 17.1. The van der Waals surface area contributed by atoms with Gasteiger partial charge in [0.2, 0.25) is 0 Å². The standard InChI is InChI=1S/C15H32O2Si2/c1-15(17-19(5,6)7)13-11-9-8-10-12-14(15)16-18(2,3)4/h8-9,14H,10-13H2,1-7H3. The third-order valence-corrected chi connectivity index (χ3v) is 5.36. The van der Waals surface area contributed by atoms with Crippen LogP contribution in [-0.4, -0.2) is 28.3 Å². The second-order valence-electron chi connectivity index (χ2n) is 7.83. The number of allylic oxidation sites excluding steroid dienone is 2. The molecular formula is C15H32O2Si2. The molecule has 2 nitrogen and oxygen atoms in total. The van der Waals surface area contributed by atoms with Gasteiger partial charge in [0.1, 0.15) is 0 Å². The van der Waals surface area contributed by atoms with E-state index >= 15 is 0 Å². The zero-order chi connectivity index (χ0) is 14.7. The highest BCUT2D eigenvalue weighted by Gasteiger charge is 2.41. The van der Waals surface area contributed by atoms with Crippen LogP contribution in [0.4, 0.5) is 0 Å². The van der Waals surface area contributed by atoms with E-state index in [1.54, 1.807) is 0 Å². The Hall–Kier alpha value is 0.0938. The monoisotopic (exact) mass is 300 g/mol. The Kier molecular flexibility index (Phi) is 5.64. The predicted molar refractivity (Wildman–Crippen MR) is 88.7 cm³/mol. The lowest BCUT2D eigenvalue weighted by molar-refractivity contribution is -0.0466. The maximum Gasteiger partial charge on any atom is 0.184 e. The minimum Gasteiger partial charge on any atom is -0.412 e. The summed E-state index contributed by atoms with van der Waals surface area (Å²) in [5.41, 5.74) is -0.116. The summed E-state index contributed by atoms with van der Waals surface area (Å²) in [7, 11) is -3.10. The zero-order valence-corrected chi connectivity index (χ0v) is 15.9. The summed E-state index contributed by atoms with van der Waals surface area (Å²) in [5.74, 6) is 0. The molecule has 0 spiro atoms. The molecule has 0 aliphatic heterocycles. The largest absolute Gasteiger partial charge is 0.412 e. The van der Waals surface area contributed by atoms with Crippen LogP contribution in [0.15, 0.2) is 12.2 Å². The van der Waals surface area contributed by atoms with Gasteiger partial charge in [-0.1, -0.05) is 12.2 Å². The number of rotatable bonds is 4. The first-order chi connectivity index (χ1) is 8.52. The summed E-state index contributed by atoms with van der Waals surface area (Å²) < 4.78 is 13.0. The Balaban J connectivity index is 2.93. The van der Waals surface area contributed by atoms with Gasteiger partial charge in [0, 0.05) is 0 Å². The maximum atomic E-state index is 6.56. The van der Waals surface area contributed by atoms with Crippen LogP contribution < -0.4 is 0 Å². The first-order valence-electron chi connectivity index (χ1n) is 7.55. The normalized spacial score (nSPS) is 29.9. The second kappa shape index (κ2) is 6.25. The molecule has 1 aliphatic carbocycles. The molecule has 0 N–H and O–H groups in total. The van der Waals surface area contributed by atoms with Crippen LogP contribution in [0, 0.1) is 0 Å². The predicted octanol–water partition coefficient (Wildman–Crippen LogP) is 4.95. The van der Waals surface area contributed by atoms with Crippen LogP contribution in [0.5, 0.6) is 0 Å².